The lowest BCUT2D eigenvalue weighted by Gasteiger charge is -2.18. The molecule has 0 aliphatic rings. The first-order valence-corrected chi connectivity index (χ1v) is 9.32. The number of rotatable bonds is 9. The highest BCUT2D eigenvalue weighted by Gasteiger charge is 2.18. The third kappa shape index (κ3) is 7.07. The van der Waals surface area contributed by atoms with Gasteiger partial charge in [-0.2, -0.15) is 0 Å². The second-order valence-corrected chi connectivity index (χ2v) is 7.51. The van der Waals surface area contributed by atoms with Crippen molar-refractivity contribution in [2.45, 2.75) is 60.4 Å². The van der Waals surface area contributed by atoms with Gasteiger partial charge < -0.3 is 14.6 Å². The van der Waals surface area contributed by atoms with Gasteiger partial charge in [0.15, 0.2) is 0 Å². The van der Waals surface area contributed by atoms with Gasteiger partial charge in [0.25, 0.3) is 0 Å². The highest BCUT2D eigenvalue weighted by atomic mass is 16.5. The molecule has 1 aromatic carbocycles. The molecule has 0 fully saturated rings. The van der Waals surface area contributed by atoms with Crippen LogP contribution in [0.2, 0.25) is 6.32 Å². The first kappa shape index (κ1) is 22.0. The lowest BCUT2D eigenvalue weighted by atomic mass is 9.62. The Kier molecular flexibility index (Phi) is 8.63. The molecule has 5 heteroatoms. The van der Waals surface area contributed by atoms with Crippen LogP contribution in [0.1, 0.15) is 53.5 Å². The second kappa shape index (κ2) is 10.2. The van der Waals surface area contributed by atoms with Crippen molar-refractivity contribution >= 4 is 24.5 Å². The van der Waals surface area contributed by atoms with Crippen LogP contribution >= 0.6 is 0 Å². The molecule has 1 aromatic rings. The summed E-state index contributed by atoms with van der Waals surface area (Å²) in [6.07, 6.45) is 1.36. The van der Waals surface area contributed by atoms with Crippen molar-refractivity contribution < 1.29 is 19.4 Å². The molecule has 0 aromatic heterocycles. The van der Waals surface area contributed by atoms with Crippen LogP contribution in [0.4, 0.5) is 0 Å². The summed E-state index contributed by atoms with van der Waals surface area (Å²) in [5, 5.41) is 9.37. The molecule has 0 spiro atoms. The van der Waals surface area contributed by atoms with E-state index in [0.29, 0.717) is 18.8 Å². The summed E-state index contributed by atoms with van der Waals surface area (Å²) in [6, 6.07) is 6.75. The van der Waals surface area contributed by atoms with E-state index in [9.17, 15) is 14.7 Å². The molecule has 1 rings (SSSR count). The van der Waals surface area contributed by atoms with Gasteiger partial charge in [-0.05, 0) is 56.4 Å². The minimum Gasteiger partial charge on any atom is -0.508 e. The Bertz CT molecular complexity index is 646. The number of phenolic OH excluding ortho intramolecular Hbond substituents is 1. The van der Waals surface area contributed by atoms with Gasteiger partial charge >= 0.3 is 5.97 Å². The van der Waals surface area contributed by atoms with Crippen LogP contribution in [0.5, 0.6) is 5.75 Å². The molecule has 26 heavy (non-hydrogen) atoms. The largest absolute Gasteiger partial charge is 0.508 e. The predicted octanol–water partition coefficient (Wildman–Crippen LogP) is 4.18. The van der Waals surface area contributed by atoms with Gasteiger partial charge in [-0.15, -0.1) is 0 Å². The van der Waals surface area contributed by atoms with Crippen molar-refractivity contribution in [2.75, 3.05) is 0 Å². The first-order valence-electron chi connectivity index (χ1n) is 9.32. The Morgan fingerprint density at radius 2 is 1.65 bits per heavy atom. The average Bonchev–Trinajstić information content (AvgIpc) is 2.58. The Morgan fingerprint density at radius 1 is 1.08 bits per heavy atom. The van der Waals surface area contributed by atoms with Gasteiger partial charge in [0.1, 0.15) is 5.75 Å². The smallest absolute Gasteiger partial charge is 0.334 e. The lowest BCUT2D eigenvalue weighted by Crippen LogP contribution is -2.22. The minimum absolute atomic E-state index is 0.0770. The Labute approximate surface area is 157 Å². The van der Waals surface area contributed by atoms with Gasteiger partial charge in [0, 0.05) is 11.5 Å². The maximum Gasteiger partial charge on any atom is 0.334 e. The highest BCUT2D eigenvalue weighted by Crippen LogP contribution is 2.22. The van der Waals surface area contributed by atoms with Gasteiger partial charge in [0.2, 0.25) is 7.28 Å². The number of allylic oxidation sites excluding steroid dienone is 1. The molecule has 142 valence electrons. The number of hydrogen-bond donors (Lipinski definition) is 1. The standard InChI is InChI=1S/C21H31BO4/c1-13(2)20(24)22-12-14(3)11-15(4)26-21(25)17(6)16(5)18-7-9-19(23)10-8-18/h7-10,13-15,22-23H,11-12H2,1-6H3/b17-16+. The zero-order chi connectivity index (χ0) is 19.9. The van der Waals surface area contributed by atoms with E-state index in [4.69, 9.17) is 4.74 Å². The summed E-state index contributed by atoms with van der Waals surface area (Å²) in [7, 11) is 0.582. The number of hydrogen-bond acceptors (Lipinski definition) is 4. The quantitative estimate of drug-likeness (QED) is 0.409. The number of esters is 1. The fourth-order valence-corrected chi connectivity index (χ4v) is 2.76. The van der Waals surface area contributed by atoms with Crippen LogP contribution in [0.3, 0.4) is 0 Å². The molecule has 0 amide bonds. The summed E-state index contributed by atoms with van der Waals surface area (Å²) < 4.78 is 5.57. The van der Waals surface area contributed by atoms with Gasteiger partial charge in [-0.1, -0.05) is 39.2 Å². The number of aromatic hydroxyl groups is 1. The number of phenols is 1. The van der Waals surface area contributed by atoms with E-state index in [-0.39, 0.29) is 29.4 Å². The number of carbonyl (C=O) groups excluding carboxylic acids is 2. The van der Waals surface area contributed by atoms with Crippen LogP contribution in [0.15, 0.2) is 29.8 Å². The zero-order valence-corrected chi connectivity index (χ0v) is 16.8. The molecule has 0 bridgehead atoms. The summed E-state index contributed by atoms with van der Waals surface area (Å²) in [5.41, 5.74) is 2.55. The molecular formula is C21H31BO4. The van der Waals surface area contributed by atoms with Crippen molar-refractivity contribution in [3.8, 4) is 5.75 Å². The van der Waals surface area contributed by atoms with E-state index in [1.807, 2.05) is 27.7 Å². The molecule has 1 N–H and O–H groups in total. The number of ether oxygens (including phenoxy) is 1. The van der Waals surface area contributed by atoms with Crippen LogP contribution in [0.25, 0.3) is 5.57 Å². The van der Waals surface area contributed by atoms with Crippen molar-refractivity contribution in [1.29, 1.82) is 0 Å². The van der Waals surface area contributed by atoms with Crippen LogP contribution in [-0.4, -0.2) is 30.1 Å². The van der Waals surface area contributed by atoms with E-state index in [1.165, 1.54) is 0 Å². The summed E-state index contributed by atoms with van der Waals surface area (Å²) in [4.78, 5) is 24.1. The predicted molar refractivity (Wildman–Crippen MR) is 108 cm³/mol. The summed E-state index contributed by atoms with van der Waals surface area (Å²) in [5.74, 6) is 0.268. The Hall–Kier alpha value is -2.04. The maximum absolute atomic E-state index is 12.4. The van der Waals surface area contributed by atoms with E-state index in [2.05, 4.69) is 6.92 Å². The second-order valence-electron chi connectivity index (χ2n) is 7.51. The highest BCUT2D eigenvalue weighted by molar-refractivity contribution is 6.74. The normalized spacial score (nSPS) is 14.4. The van der Waals surface area contributed by atoms with Crippen molar-refractivity contribution in [3.05, 3.63) is 35.4 Å². The van der Waals surface area contributed by atoms with E-state index in [1.54, 1.807) is 31.2 Å². The Morgan fingerprint density at radius 3 is 2.19 bits per heavy atom. The van der Waals surface area contributed by atoms with E-state index in [0.717, 1.165) is 23.9 Å². The third-order valence-electron chi connectivity index (χ3n) is 4.74. The SMILES string of the molecule is C/C(C(=O)OC(C)CC(C)CBC(=O)C(C)C)=C(/C)c1ccc(O)cc1. The fraction of sp³-hybridized carbons (Fsp3) is 0.524. The third-order valence-corrected chi connectivity index (χ3v) is 4.74. The van der Waals surface area contributed by atoms with Gasteiger partial charge in [0.05, 0.1) is 11.8 Å². The van der Waals surface area contributed by atoms with Crippen molar-refractivity contribution in [1.82, 2.24) is 0 Å². The van der Waals surface area contributed by atoms with Crippen molar-refractivity contribution in [3.63, 3.8) is 0 Å². The van der Waals surface area contributed by atoms with Crippen LogP contribution in [-0.2, 0) is 14.3 Å². The molecule has 2 unspecified atom stereocenters. The molecule has 0 aliphatic carbocycles. The van der Waals surface area contributed by atoms with E-state index < -0.39 is 0 Å². The molecule has 0 aliphatic heterocycles. The molecule has 0 heterocycles. The molecule has 0 radical (unpaired) electrons. The fourth-order valence-electron chi connectivity index (χ4n) is 2.76. The lowest BCUT2D eigenvalue weighted by molar-refractivity contribution is -0.144. The Balaban J connectivity index is 2.58. The van der Waals surface area contributed by atoms with Gasteiger partial charge in [-0.3, -0.25) is 0 Å². The van der Waals surface area contributed by atoms with Crippen LogP contribution < -0.4 is 0 Å². The molecular weight excluding hydrogens is 327 g/mol. The average molecular weight is 358 g/mol. The molecule has 0 saturated heterocycles. The summed E-state index contributed by atoms with van der Waals surface area (Å²) >= 11 is 0. The zero-order valence-electron chi connectivity index (χ0n) is 16.8. The maximum atomic E-state index is 12.4. The van der Waals surface area contributed by atoms with Crippen molar-refractivity contribution in [2.24, 2.45) is 11.8 Å². The number of benzene rings is 1. The van der Waals surface area contributed by atoms with E-state index >= 15 is 0 Å². The first-order chi connectivity index (χ1) is 12.1. The monoisotopic (exact) mass is 358 g/mol. The molecule has 4 nitrogen and oxygen atoms in total. The topological polar surface area (TPSA) is 63.6 Å². The molecule has 0 saturated carbocycles. The van der Waals surface area contributed by atoms with Gasteiger partial charge in [-0.25, -0.2) is 4.79 Å². The molecule has 2 atom stereocenters. The number of carbonyl (C=O) groups is 2. The minimum atomic E-state index is -0.325. The summed E-state index contributed by atoms with van der Waals surface area (Å²) in [6.45, 7) is 11.4. The van der Waals surface area contributed by atoms with Crippen LogP contribution in [0, 0.1) is 11.8 Å².